The summed E-state index contributed by atoms with van der Waals surface area (Å²) in [4.78, 5) is 3.92. The summed E-state index contributed by atoms with van der Waals surface area (Å²) in [6.45, 7) is 1.56. The highest BCUT2D eigenvalue weighted by atomic mass is 79.9. The predicted molar refractivity (Wildman–Crippen MR) is 61.6 cm³/mol. The third kappa shape index (κ3) is 3.35. The van der Waals surface area contributed by atoms with Crippen molar-refractivity contribution in [3.63, 3.8) is 0 Å². The van der Waals surface area contributed by atoms with E-state index in [0.29, 0.717) is 10.2 Å². The fourth-order valence-electron chi connectivity index (χ4n) is 0.902. The molecule has 0 unspecified atom stereocenters. The van der Waals surface area contributed by atoms with E-state index in [1.807, 2.05) is 0 Å². The number of sulfonamides is 1. The van der Waals surface area contributed by atoms with Crippen LogP contribution in [0.15, 0.2) is 16.7 Å². The molecule has 1 aromatic heterocycles. The maximum atomic E-state index is 11.3. The lowest BCUT2D eigenvalue weighted by Crippen LogP contribution is -2.15. The Morgan fingerprint density at radius 2 is 2.27 bits per heavy atom. The Morgan fingerprint density at radius 3 is 2.80 bits per heavy atom. The van der Waals surface area contributed by atoms with Crippen molar-refractivity contribution in [1.82, 2.24) is 4.98 Å². The summed E-state index contributed by atoms with van der Waals surface area (Å²) in [6, 6.07) is 1.60. The van der Waals surface area contributed by atoms with Gasteiger partial charge in [0.15, 0.2) is 0 Å². The smallest absolute Gasteiger partial charge is 0.238 e. The third-order valence-corrected chi connectivity index (χ3v) is 3.38. The minimum absolute atomic E-state index is 0.00265. The van der Waals surface area contributed by atoms with E-state index in [1.165, 1.54) is 13.3 Å². The second kappa shape index (κ2) is 4.80. The summed E-state index contributed by atoms with van der Waals surface area (Å²) in [5.41, 5.74) is 0.328. The molecule has 1 N–H and O–H groups in total. The number of methoxy groups -OCH3 is 1. The lowest BCUT2D eigenvalue weighted by Gasteiger charge is -2.09. The second-order valence-electron chi connectivity index (χ2n) is 2.72. The van der Waals surface area contributed by atoms with Crippen LogP contribution in [-0.2, 0) is 10.0 Å². The third-order valence-electron chi connectivity index (χ3n) is 1.66. The van der Waals surface area contributed by atoms with Gasteiger partial charge < -0.3 is 4.74 Å². The molecule has 1 rings (SSSR count). The van der Waals surface area contributed by atoms with Gasteiger partial charge in [0.25, 0.3) is 0 Å². The molecule has 7 heteroatoms. The van der Waals surface area contributed by atoms with Gasteiger partial charge in [-0.15, -0.1) is 0 Å². The lowest BCUT2D eigenvalue weighted by atomic mass is 10.4. The average Bonchev–Trinajstić information content (AvgIpc) is 2.18. The van der Waals surface area contributed by atoms with E-state index in [2.05, 4.69) is 25.6 Å². The second-order valence-corrected chi connectivity index (χ2v) is 5.64. The quantitative estimate of drug-likeness (QED) is 0.916. The van der Waals surface area contributed by atoms with Crippen LogP contribution in [0.5, 0.6) is 5.88 Å². The number of hydrogen-bond acceptors (Lipinski definition) is 4. The summed E-state index contributed by atoms with van der Waals surface area (Å²) in [6.07, 6.45) is 1.53. The zero-order chi connectivity index (χ0) is 11.5. The number of anilines is 1. The first-order valence-corrected chi connectivity index (χ1v) is 6.63. The molecule has 0 fully saturated rings. The molecular formula is C8H11BrN2O3S. The molecule has 0 amide bonds. The molecule has 0 aliphatic rings. The maximum absolute atomic E-state index is 11.3. The summed E-state index contributed by atoms with van der Waals surface area (Å²) in [5, 5.41) is 0. The Hall–Kier alpha value is -0.820. The molecule has 0 radical (unpaired) electrons. The van der Waals surface area contributed by atoms with E-state index >= 15 is 0 Å². The molecule has 0 atom stereocenters. The maximum Gasteiger partial charge on any atom is 0.238 e. The molecule has 0 saturated heterocycles. The summed E-state index contributed by atoms with van der Waals surface area (Å²) in [5.74, 6) is 0.248. The van der Waals surface area contributed by atoms with Gasteiger partial charge in [0.2, 0.25) is 15.9 Å². The SMILES string of the molecule is CCS(=O)(=O)Nc1cc(Br)cnc1OC. The number of pyridine rings is 1. The first-order valence-electron chi connectivity index (χ1n) is 4.18. The monoisotopic (exact) mass is 294 g/mol. The molecule has 1 heterocycles. The van der Waals surface area contributed by atoms with Crippen LogP contribution in [0, 0.1) is 0 Å². The fourth-order valence-corrected chi connectivity index (χ4v) is 1.86. The standard InChI is InChI=1S/C8H11BrN2O3S/c1-3-15(12,13)11-7-4-6(9)5-10-8(7)14-2/h4-5,11H,3H2,1-2H3. The Bertz CT molecular complexity index is 447. The van der Waals surface area contributed by atoms with E-state index < -0.39 is 10.0 Å². The Kier molecular flexibility index (Phi) is 3.92. The van der Waals surface area contributed by atoms with Crippen LogP contribution in [0.25, 0.3) is 0 Å². The Balaban J connectivity index is 3.08. The molecule has 0 aliphatic heterocycles. The molecule has 15 heavy (non-hydrogen) atoms. The zero-order valence-electron chi connectivity index (χ0n) is 8.32. The van der Waals surface area contributed by atoms with Crippen LogP contribution in [0.1, 0.15) is 6.92 Å². The van der Waals surface area contributed by atoms with E-state index in [0.717, 1.165) is 0 Å². The minimum Gasteiger partial charge on any atom is -0.479 e. The fraction of sp³-hybridized carbons (Fsp3) is 0.375. The highest BCUT2D eigenvalue weighted by Crippen LogP contribution is 2.25. The van der Waals surface area contributed by atoms with Gasteiger partial charge in [-0.3, -0.25) is 4.72 Å². The van der Waals surface area contributed by atoms with Crippen molar-refractivity contribution in [3.8, 4) is 5.88 Å². The minimum atomic E-state index is -3.31. The van der Waals surface area contributed by atoms with Crippen molar-refractivity contribution in [3.05, 3.63) is 16.7 Å². The molecule has 0 aromatic carbocycles. The summed E-state index contributed by atoms with van der Waals surface area (Å²) < 4.78 is 30.7. The van der Waals surface area contributed by atoms with Crippen molar-refractivity contribution in [1.29, 1.82) is 0 Å². The van der Waals surface area contributed by atoms with Crippen LogP contribution >= 0.6 is 15.9 Å². The van der Waals surface area contributed by atoms with Crippen LogP contribution in [0.4, 0.5) is 5.69 Å². The van der Waals surface area contributed by atoms with Gasteiger partial charge >= 0.3 is 0 Å². The molecule has 0 aliphatic carbocycles. The zero-order valence-corrected chi connectivity index (χ0v) is 10.7. The Labute approximate surface area is 97.0 Å². The van der Waals surface area contributed by atoms with Gasteiger partial charge in [0, 0.05) is 10.7 Å². The molecule has 0 saturated carbocycles. The van der Waals surface area contributed by atoms with Gasteiger partial charge in [-0.1, -0.05) is 0 Å². The number of hydrogen-bond donors (Lipinski definition) is 1. The van der Waals surface area contributed by atoms with E-state index in [-0.39, 0.29) is 11.6 Å². The predicted octanol–water partition coefficient (Wildman–Crippen LogP) is 1.61. The molecule has 84 valence electrons. The molecule has 0 spiro atoms. The summed E-state index contributed by atoms with van der Waals surface area (Å²) >= 11 is 3.20. The normalized spacial score (nSPS) is 11.1. The number of ether oxygens (including phenoxy) is 1. The van der Waals surface area contributed by atoms with Crippen LogP contribution in [0.2, 0.25) is 0 Å². The molecule has 5 nitrogen and oxygen atoms in total. The van der Waals surface area contributed by atoms with Crippen LogP contribution in [-0.4, -0.2) is 26.3 Å². The van der Waals surface area contributed by atoms with Gasteiger partial charge in [-0.25, -0.2) is 13.4 Å². The number of nitrogens with zero attached hydrogens (tertiary/aromatic N) is 1. The first-order chi connectivity index (χ1) is 6.98. The van der Waals surface area contributed by atoms with Crippen molar-refractivity contribution in [2.75, 3.05) is 17.6 Å². The molecular weight excluding hydrogens is 284 g/mol. The van der Waals surface area contributed by atoms with Crippen molar-refractivity contribution >= 4 is 31.6 Å². The van der Waals surface area contributed by atoms with Crippen molar-refractivity contribution in [2.45, 2.75) is 6.92 Å². The first kappa shape index (κ1) is 12.3. The van der Waals surface area contributed by atoms with Gasteiger partial charge in [0.05, 0.1) is 12.9 Å². The molecule has 1 aromatic rings. The van der Waals surface area contributed by atoms with Crippen LogP contribution in [0.3, 0.4) is 0 Å². The number of nitrogens with one attached hydrogen (secondary N) is 1. The average molecular weight is 295 g/mol. The van der Waals surface area contributed by atoms with E-state index in [4.69, 9.17) is 4.74 Å². The lowest BCUT2D eigenvalue weighted by molar-refractivity contribution is 0.400. The van der Waals surface area contributed by atoms with Crippen molar-refractivity contribution < 1.29 is 13.2 Å². The number of rotatable bonds is 4. The number of aromatic nitrogens is 1. The Morgan fingerprint density at radius 1 is 1.60 bits per heavy atom. The van der Waals surface area contributed by atoms with Crippen molar-refractivity contribution in [2.24, 2.45) is 0 Å². The van der Waals surface area contributed by atoms with E-state index in [9.17, 15) is 8.42 Å². The number of halogens is 1. The van der Waals surface area contributed by atoms with Gasteiger partial charge in [-0.05, 0) is 28.9 Å². The van der Waals surface area contributed by atoms with Crippen LogP contribution < -0.4 is 9.46 Å². The largest absolute Gasteiger partial charge is 0.479 e. The highest BCUT2D eigenvalue weighted by molar-refractivity contribution is 9.10. The topological polar surface area (TPSA) is 68.3 Å². The van der Waals surface area contributed by atoms with Gasteiger partial charge in [-0.2, -0.15) is 0 Å². The van der Waals surface area contributed by atoms with E-state index in [1.54, 1.807) is 13.0 Å². The highest BCUT2D eigenvalue weighted by Gasteiger charge is 2.12. The molecule has 0 bridgehead atoms. The van der Waals surface area contributed by atoms with Gasteiger partial charge in [0.1, 0.15) is 5.69 Å². The summed E-state index contributed by atoms with van der Waals surface area (Å²) in [7, 11) is -1.88.